The van der Waals surface area contributed by atoms with Crippen LogP contribution in [0.3, 0.4) is 0 Å². The lowest BCUT2D eigenvalue weighted by Gasteiger charge is -2.33. The smallest absolute Gasteiger partial charge is 0.478 e. The Morgan fingerprint density at radius 1 is 1.10 bits per heavy atom. The van der Waals surface area contributed by atoms with E-state index in [-0.39, 0.29) is 28.3 Å². The minimum Gasteiger partial charge on any atom is -0.478 e. The molecule has 10 heteroatoms. The molecule has 0 fully saturated rings. The second kappa shape index (κ2) is 8.07. The van der Waals surface area contributed by atoms with Crippen molar-refractivity contribution in [1.82, 2.24) is 0 Å². The van der Waals surface area contributed by atoms with E-state index < -0.39 is 30.2 Å². The van der Waals surface area contributed by atoms with Crippen LogP contribution in [-0.2, 0) is 4.79 Å². The number of carboxylic acid groups (broad SMARTS) is 1. The first kappa shape index (κ1) is 21.2. The van der Waals surface area contributed by atoms with Gasteiger partial charge in [0.15, 0.2) is 5.95 Å². The first-order valence-corrected chi connectivity index (χ1v) is 8.55. The second-order valence-corrected chi connectivity index (χ2v) is 6.32. The van der Waals surface area contributed by atoms with Crippen LogP contribution >= 0.6 is 0 Å². The zero-order chi connectivity index (χ0) is 22.1. The van der Waals surface area contributed by atoms with E-state index in [4.69, 9.17) is 10.5 Å². The number of hydrogen-bond acceptors (Lipinski definition) is 5. The third-order valence-corrected chi connectivity index (χ3v) is 4.12. The number of anilines is 1. The summed E-state index contributed by atoms with van der Waals surface area (Å²) < 4.78 is 61.3. The quantitative estimate of drug-likeness (QED) is 0.535. The number of aliphatic carboxylic acids is 1. The normalized spacial score (nSPS) is 16.9. The van der Waals surface area contributed by atoms with Gasteiger partial charge in [0, 0.05) is 23.4 Å². The first-order chi connectivity index (χ1) is 14.0. The summed E-state index contributed by atoms with van der Waals surface area (Å²) in [7, 11) is 0. The molecule has 1 atom stereocenters. The highest BCUT2D eigenvalue weighted by molar-refractivity contribution is 5.90. The average molecular weight is 424 g/mol. The maximum atomic E-state index is 14.7. The number of nitrogens with two attached hydrogens (primary N) is 1. The van der Waals surface area contributed by atoms with Gasteiger partial charge >= 0.3 is 12.3 Å². The molecule has 0 saturated carbocycles. The van der Waals surface area contributed by atoms with Gasteiger partial charge in [-0.05, 0) is 37.3 Å². The molecule has 0 aromatic heterocycles. The van der Waals surface area contributed by atoms with Crippen molar-refractivity contribution < 1.29 is 36.9 Å². The van der Waals surface area contributed by atoms with Crippen LogP contribution in [0.25, 0.3) is 0 Å². The van der Waals surface area contributed by atoms with Crippen molar-refractivity contribution in [3.63, 3.8) is 0 Å². The van der Waals surface area contributed by atoms with E-state index in [1.54, 1.807) is 0 Å². The zero-order valence-electron chi connectivity index (χ0n) is 15.5. The largest absolute Gasteiger partial charge is 0.573 e. The van der Waals surface area contributed by atoms with E-state index in [0.717, 1.165) is 23.1 Å². The summed E-state index contributed by atoms with van der Waals surface area (Å²) in [6, 6.07) is 10.8. The third-order valence-electron chi connectivity index (χ3n) is 4.12. The number of benzene rings is 2. The van der Waals surface area contributed by atoms with Gasteiger partial charge in [0.2, 0.25) is 0 Å². The summed E-state index contributed by atoms with van der Waals surface area (Å²) >= 11 is 0. The Bertz CT molecular complexity index is 1030. The molecule has 1 aliphatic heterocycles. The van der Waals surface area contributed by atoms with Crippen LogP contribution in [0, 0.1) is 0 Å². The van der Waals surface area contributed by atoms with E-state index in [1.807, 2.05) is 0 Å². The molecule has 0 radical (unpaired) electrons. The van der Waals surface area contributed by atoms with Crippen molar-refractivity contribution in [2.75, 3.05) is 4.90 Å². The van der Waals surface area contributed by atoms with Crippen molar-refractivity contribution in [3.05, 3.63) is 71.7 Å². The number of allylic oxidation sites excluding steroid dienone is 2. The van der Waals surface area contributed by atoms with Gasteiger partial charge in [0.05, 0.1) is 5.57 Å². The fraction of sp³-hybridized carbons (Fsp3) is 0.150. The maximum absolute atomic E-state index is 14.7. The average Bonchev–Trinajstić information content (AvgIpc) is 2.64. The molecule has 1 heterocycles. The predicted molar refractivity (Wildman–Crippen MR) is 99.6 cm³/mol. The lowest BCUT2D eigenvalue weighted by atomic mass is 10.0. The zero-order valence-corrected chi connectivity index (χ0v) is 15.5. The van der Waals surface area contributed by atoms with Crippen molar-refractivity contribution in [1.29, 1.82) is 0 Å². The van der Waals surface area contributed by atoms with Crippen molar-refractivity contribution in [3.8, 4) is 17.2 Å². The Kier molecular flexibility index (Phi) is 5.70. The van der Waals surface area contributed by atoms with Crippen LogP contribution in [0.1, 0.15) is 6.92 Å². The first-order valence-electron chi connectivity index (χ1n) is 8.55. The summed E-state index contributed by atoms with van der Waals surface area (Å²) in [5.74, 6) is -2.26. The van der Waals surface area contributed by atoms with Crippen LogP contribution in [0.2, 0.25) is 0 Å². The van der Waals surface area contributed by atoms with E-state index >= 15 is 0 Å². The molecule has 0 spiro atoms. The summed E-state index contributed by atoms with van der Waals surface area (Å²) in [4.78, 5) is 12.4. The highest BCUT2D eigenvalue weighted by atomic mass is 19.4. The molecule has 3 N–H and O–H groups in total. The van der Waals surface area contributed by atoms with Gasteiger partial charge in [-0.3, -0.25) is 4.90 Å². The molecule has 0 saturated heterocycles. The van der Waals surface area contributed by atoms with Gasteiger partial charge in [-0.25, -0.2) is 4.79 Å². The van der Waals surface area contributed by atoms with Crippen LogP contribution in [0.5, 0.6) is 17.2 Å². The molecule has 0 aliphatic carbocycles. The number of halogens is 4. The fourth-order valence-electron chi connectivity index (χ4n) is 2.86. The summed E-state index contributed by atoms with van der Waals surface area (Å²) in [6.45, 7) is 1.41. The van der Waals surface area contributed by atoms with Crippen molar-refractivity contribution >= 4 is 11.7 Å². The molecule has 2 aromatic rings. The lowest BCUT2D eigenvalue weighted by molar-refractivity contribution is -0.274. The molecule has 1 aliphatic rings. The molecule has 1 unspecified atom stereocenters. The molecule has 0 amide bonds. The van der Waals surface area contributed by atoms with E-state index in [9.17, 15) is 27.5 Å². The summed E-state index contributed by atoms with van der Waals surface area (Å²) in [6.07, 6.45) is -4.98. The number of ether oxygens (including phenoxy) is 2. The molecule has 30 heavy (non-hydrogen) atoms. The van der Waals surface area contributed by atoms with E-state index in [0.29, 0.717) is 0 Å². The van der Waals surface area contributed by atoms with Crippen LogP contribution in [0.15, 0.2) is 71.7 Å². The minimum absolute atomic E-state index is 0.0511. The standard InChI is InChI=1S/C20H16F4N2O4/c1-11-8-16(19(27)28)18(25)26(17(11)21)12-4-2-5-13(9-12)29-14-6-3-7-15(10-14)30-20(22,23)24/h2-10,18H,25H2,1H3,(H,27,28). The molecule has 2 aromatic carbocycles. The number of hydrogen-bond donors (Lipinski definition) is 2. The van der Waals surface area contributed by atoms with Crippen LogP contribution in [0.4, 0.5) is 23.2 Å². The van der Waals surface area contributed by atoms with Gasteiger partial charge in [-0.1, -0.05) is 12.1 Å². The predicted octanol–water partition coefficient (Wildman–Crippen LogP) is 4.69. The second-order valence-electron chi connectivity index (χ2n) is 6.32. The Balaban J connectivity index is 1.88. The van der Waals surface area contributed by atoms with Crippen molar-refractivity contribution in [2.24, 2.45) is 5.73 Å². The monoisotopic (exact) mass is 424 g/mol. The van der Waals surface area contributed by atoms with E-state index in [1.165, 1.54) is 43.3 Å². The summed E-state index contributed by atoms with van der Waals surface area (Å²) in [5.41, 5.74) is 6.01. The van der Waals surface area contributed by atoms with Crippen LogP contribution < -0.4 is 20.1 Å². The molecular formula is C20H16F4N2O4. The third kappa shape index (κ3) is 4.71. The Morgan fingerprint density at radius 2 is 1.70 bits per heavy atom. The van der Waals surface area contributed by atoms with Crippen LogP contribution in [-0.4, -0.2) is 23.6 Å². The maximum Gasteiger partial charge on any atom is 0.573 e. The minimum atomic E-state index is -4.85. The number of carboxylic acids is 1. The molecule has 158 valence electrons. The van der Waals surface area contributed by atoms with Gasteiger partial charge in [0.25, 0.3) is 0 Å². The summed E-state index contributed by atoms with van der Waals surface area (Å²) in [5, 5.41) is 9.30. The number of carbonyl (C=O) groups is 1. The van der Waals surface area contributed by atoms with Gasteiger partial charge < -0.3 is 20.3 Å². The molecule has 0 bridgehead atoms. The molecule has 3 rings (SSSR count). The fourth-order valence-corrected chi connectivity index (χ4v) is 2.86. The van der Waals surface area contributed by atoms with Gasteiger partial charge in [-0.15, -0.1) is 13.2 Å². The Labute approximate surface area is 168 Å². The lowest BCUT2D eigenvalue weighted by Crippen LogP contribution is -2.46. The highest BCUT2D eigenvalue weighted by Crippen LogP contribution is 2.35. The van der Waals surface area contributed by atoms with Gasteiger partial charge in [0.1, 0.15) is 23.4 Å². The number of alkyl halides is 3. The van der Waals surface area contributed by atoms with Gasteiger partial charge in [-0.2, -0.15) is 4.39 Å². The van der Waals surface area contributed by atoms with Crippen molar-refractivity contribution in [2.45, 2.75) is 19.5 Å². The SMILES string of the molecule is CC1=C(F)N(c2cccc(Oc3cccc(OC(F)(F)F)c3)c2)C(N)C(C(=O)O)=C1. The molecule has 6 nitrogen and oxygen atoms in total. The Morgan fingerprint density at radius 3 is 2.33 bits per heavy atom. The molecular weight excluding hydrogens is 408 g/mol. The van der Waals surface area contributed by atoms with E-state index in [2.05, 4.69) is 4.74 Å². The topological polar surface area (TPSA) is 85.0 Å². The number of rotatable bonds is 5. The number of nitrogens with zero attached hydrogens (tertiary/aromatic N) is 1. The highest BCUT2D eigenvalue weighted by Gasteiger charge is 2.32. The Hall–Kier alpha value is -3.53.